The van der Waals surface area contributed by atoms with Crippen molar-refractivity contribution in [2.45, 2.75) is 31.8 Å². The van der Waals surface area contributed by atoms with E-state index >= 15 is 0 Å². The van der Waals surface area contributed by atoms with Crippen LogP contribution >= 0.6 is 0 Å². The van der Waals surface area contributed by atoms with Crippen LogP contribution in [0.1, 0.15) is 35.4 Å². The third-order valence-corrected chi connectivity index (χ3v) is 4.47. The Morgan fingerprint density at radius 1 is 1.22 bits per heavy atom. The summed E-state index contributed by atoms with van der Waals surface area (Å²) in [6, 6.07) is 1.28. The fraction of sp³-hybridized carbons (Fsp3) is 0.625. The third-order valence-electron chi connectivity index (χ3n) is 4.47. The normalized spacial score (nSPS) is 22.2. The molecule has 2 aliphatic heterocycles. The van der Waals surface area contributed by atoms with Crippen molar-refractivity contribution < 1.29 is 18.7 Å². The predicted molar refractivity (Wildman–Crippen MR) is 82.7 cm³/mol. The minimum Gasteiger partial charge on any atom is -0.467 e. The van der Waals surface area contributed by atoms with E-state index in [2.05, 4.69) is 0 Å². The maximum atomic E-state index is 12.8. The molecule has 2 saturated heterocycles. The first-order valence-electron chi connectivity index (χ1n) is 8.15. The van der Waals surface area contributed by atoms with Crippen molar-refractivity contribution in [3.8, 4) is 0 Å². The first-order valence-corrected chi connectivity index (χ1v) is 8.15. The highest BCUT2D eigenvalue weighted by Crippen LogP contribution is 2.22. The second-order valence-electron chi connectivity index (χ2n) is 5.95. The number of nitrogens with two attached hydrogens (primary N) is 1. The Morgan fingerprint density at radius 2 is 2.00 bits per heavy atom. The lowest BCUT2D eigenvalue weighted by molar-refractivity contribution is -0.141. The molecule has 0 saturated carbocycles. The van der Waals surface area contributed by atoms with Gasteiger partial charge in [0.1, 0.15) is 18.1 Å². The van der Waals surface area contributed by atoms with E-state index in [0.717, 1.165) is 12.8 Å². The van der Waals surface area contributed by atoms with Crippen molar-refractivity contribution >= 4 is 11.8 Å². The summed E-state index contributed by atoms with van der Waals surface area (Å²) >= 11 is 0. The molecule has 23 heavy (non-hydrogen) atoms. The van der Waals surface area contributed by atoms with Crippen LogP contribution < -0.4 is 5.73 Å². The number of rotatable bonds is 3. The number of likely N-dealkylation sites (tertiary alicyclic amines) is 1. The lowest BCUT2D eigenvalue weighted by Crippen LogP contribution is -2.55. The fourth-order valence-corrected chi connectivity index (χ4v) is 3.19. The van der Waals surface area contributed by atoms with E-state index < -0.39 is 0 Å². The fourth-order valence-electron chi connectivity index (χ4n) is 3.19. The summed E-state index contributed by atoms with van der Waals surface area (Å²) in [5.74, 6) is 0.449. The number of furan rings is 1. The molecule has 3 rings (SSSR count). The van der Waals surface area contributed by atoms with E-state index in [1.54, 1.807) is 15.9 Å². The van der Waals surface area contributed by atoms with Crippen LogP contribution in [0.3, 0.4) is 0 Å². The molecule has 0 radical (unpaired) electrons. The van der Waals surface area contributed by atoms with Crippen LogP contribution in [-0.2, 0) is 16.1 Å². The summed E-state index contributed by atoms with van der Waals surface area (Å²) in [6.07, 6.45) is 4.02. The van der Waals surface area contributed by atoms with Gasteiger partial charge in [-0.25, -0.2) is 0 Å². The van der Waals surface area contributed by atoms with Gasteiger partial charge < -0.3 is 24.7 Å². The molecule has 7 heteroatoms. The zero-order valence-electron chi connectivity index (χ0n) is 13.2. The van der Waals surface area contributed by atoms with Crippen molar-refractivity contribution in [3.63, 3.8) is 0 Å². The van der Waals surface area contributed by atoms with E-state index in [4.69, 9.17) is 14.9 Å². The van der Waals surface area contributed by atoms with E-state index in [0.29, 0.717) is 50.6 Å². The van der Waals surface area contributed by atoms with Crippen LogP contribution in [0, 0.1) is 0 Å². The van der Waals surface area contributed by atoms with Gasteiger partial charge in [0.05, 0.1) is 25.3 Å². The Hall–Kier alpha value is -1.86. The predicted octanol–water partition coefficient (Wildman–Crippen LogP) is 0.592. The maximum absolute atomic E-state index is 12.8. The molecule has 2 fully saturated rings. The lowest BCUT2D eigenvalue weighted by atomic mass is 9.99. The van der Waals surface area contributed by atoms with Crippen LogP contribution in [0.5, 0.6) is 0 Å². The highest BCUT2D eigenvalue weighted by Gasteiger charge is 2.36. The smallest absolute Gasteiger partial charge is 0.257 e. The lowest BCUT2D eigenvalue weighted by Gasteiger charge is -2.38. The molecule has 126 valence electrons. The van der Waals surface area contributed by atoms with Crippen molar-refractivity contribution in [2.24, 2.45) is 5.73 Å². The minimum absolute atomic E-state index is 0.0314. The highest BCUT2D eigenvalue weighted by molar-refractivity contribution is 5.97. The number of morpholine rings is 1. The first kappa shape index (κ1) is 16.0. The molecule has 1 aromatic rings. The molecule has 1 aromatic heterocycles. The van der Waals surface area contributed by atoms with Gasteiger partial charge in [-0.2, -0.15) is 0 Å². The average Bonchev–Trinajstić information content (AvgIpc) is 3.10. The average molecular weight is 321 g/mol. The van der Waals surface area contributed by atoms with Gasteiger partial charge in [-0.05, 0) is 25.3 Å². The Balaban J connectivity index is 1.75. The number of hydrogen-bond acceptors (Lipinski definition) is 5. The number of piperidine rings is 1. The third kappa shape index (κ3) is 3.40. The number of hydrogen-bond donors (Lipinski definition) is 1. The van der Waals surface area contributed by atoms with Gasteiger partial charge in [0, 0.05) is 19.6 Å². The summed E-state index contributed by atoms with van der Waals surface area (Å²) in [4.78, 5) is 29.0. The van der Waals surface area contributed by atoms with Crippen LogP contribution in [0.2, 0.25) is 0 Å². The monoisotopic (exact) mass is 321 g/mol. The molecule has 1 atom stereocenters. The number of carbonyl (C=O) groups excluding carboxylic acids is 2. The molecule has 0 spiro atoms. The zero-order chi connectivity index (χ0) is 16.2. The van der Waals surface area contributed by atoms with Crippen molar-refractivity contribution in [3.05, 3.63) is 23.7 Å². The topological polar surface area (TPSA) is 89.0 Å². The zero-order valence-corrected chi connectivity index (χ0v) is 13.2. The summed E-state index contributed by atoms with van der Waals surface area (Å²) < 4.78 is 10.6. The maximum Gasteiger partial charge on any atom is 0.257 e. The Bertz CT molecular complexity index is 565. The number of ether oxygens (including phenoxy) is 1. The second-order valence-corrected chi connectivity index (χ2v) is 5.95. The Labute approximate surface area is 135 Å². The van der Waals surface area contributed by atoms with E-state index in [-0.39, 0.29) is 24.4 Å². The summed E-state index contributed by atoms with van der Waals surface area (Å²) in [5, 5.41) is 0. The van der Waals surface area contributed by atoms with Crippen LogP contribution in [0.4, 0.5) is 0 Å². The van der Waals surface area contributed by atoms with Crippen LogP contribution in [-0.4, -0.2) is 60.5 Å². The standard InChI is InChI=1S/C16H23N3O4/c17-10-13-9-12(11-23-13)15(20)19-4-2-1-3-14(19)16(21)18-5-7-22-8-6-18/h9,11,14H,1-8,10,17H2. The van der Waals surface area contributed by atoms with E-state index in [1.165, 1.54) is 6.26 Å². The Kier molecular flexibility index (Phi) is 4.97. The van der Waals surface area contributed by atoms with Crippen LogP contribution in [0.25, 0.3) is 0 Å². The van der Waals surface area contributed by atoms with Gasteiger partial charge in [0.2, 0.25) is 5.91 Å². The molecule has 2 amide bonds. The molecule has 0 aromatic carbocycles. The highest BCUT2D eigenvalue weighted by atomic mass is 16.5. The van der Waals surface area contributed by atoms with Gasteiger partial charge in [-0.3, -0.25) is 9.59 Å². The number of amides is 2. The molecule has 0 bridgehead atoms. The SMILES string of the molecule is NCc1cc(C(=O)N2CCCCC2C(=O)N2CCOCC2)co1. The van der Waals surface area contributed by atoms with Crippen molar-refractivity contribution in [2.75, 3.05) is 32.8 Å². The molecule has 7 nitrogen and oxygen atoms in total. The van der Waals surface area contributed by atoms with Crippen LogP contribution in [0.15, 0.2) is 16.7 Å². The molecule has 2 aliphatic rings. The van der Waals surface area contributed by atoms with Gasteiger partial charge in [0.15, 0.2) is 0 Å². The summed E-state index contributed by atoms with van der Waals surface area (Å²) in [7, 11) is 0. The summed E-state index contributed by atoms with van der Waals surface area (Å²) in [6.45, 7) is 3.18. The Morgan fingerprint density at radius 3 is 2.70 bits per heavy atom. The minimum atomic E-state index is -0.384. The van der Waals surface area contributed by atoms with Gasteiger partial charge in [-0.15, -0.1) is 0 Å². The molecule has 0 aliphatic carbocycles. The number of carbonyl (C=O) groups is 2. The summed E-state index contributed by atoms with van der Waals surface area (Å²) in [5.41, 5.74) is 5.99. The largest absolute Gasteiger partial charge is 0.467 e. The van der Waals surface area contributed by atoms with Crippen molar-refractivity contribution in [1.29, 1.82) is 0 Å². The van der Waals surface area contributed by atoms with Gasteiger partial charge in [0.25, 0.3) is 5.91 Å². The van der Waals surface area contributed by atoms with E-state index in [1.807, 2.05) is 0 Å². The molecule has 1 unspecified atom stereocenters. The quantitative estimate of drug-likeness (QED) is 0.880. The first-order chi connectivity index (χ1) is 11.2. The van der Waals surface area contributed by atoms with E-state index in [9.17, 15) is 9.59 Å². The molecular formula is C16H23N3O4. The molecule has 2 N–H and O–H groups in total. The second kappa shape index (κ2) is 7.14. The number of nitrogens with zero attached hydrogens (tertiary/aromatic N) is 2. The molecular weight excluding hydrogens is 298 g/mol. The van der Waals surface area contributed by atoms with Gasteiger partial charge in [-0.1, -0.05) is 0 Å². The van der Waals surface area contributed by atoms with Gasteiger partial charge >= 0.3 is 0 Å². The molecule has 3 heterocycles. The van der Waals surface area contributed by atoms with Crippen molar-refractivity contribution in [1.82, 2.24) is 9.80 Å².